The third-order valence-electron chi connectivity index (χ3n) is 2.59. The summed E-state index contributed by atoms with van der Waals surface area (Å²) in [5, 5.41) is 2.67. The third kappa shape index (κ3) is 3.30. The second-order valence-corrected chi connectivity index (χ2v) is 6.54. The average Bonchev–Trinajstić information content (AvgIpc) is 2.43. The predicted molar refractivity (Wildman–Crippen MR) is 78.7 cm³/mol. The molecule has 0 saturated carbocycles. The molecule has 0 spiro atoms. The minimum absolute atomic E-state index is 0.165. The number of benzene rings is 1. The van der Waals surface area contributed by atoms with E-state index in [4.69, 9.17) is 0 Å². The lowest BCUT2D eigenvalue weighted by Crippen LogP contribution is -2.17. The summed E-state index contributed by atoms with van der Waals surface area (Å²) in [6.07, 6.45) is 2.48. The van der Waals surface area contributed by atoms with E-state index in [9.17, 15) is 17.2 Å². The topological polar surface area (TPSA) is 71.1 Å². The van der Waals surface area contributed by atoms with Gasteiger partial charge in [-0.2, -0.15) is 0 Å². The van der Waals surface area contributed by atoms with Crippen molar-refractivity contribution < 1.29 is 17.2 Å². The van der Waals surface area contributed by atoms with Crippen molar-refractivity contribution in [1.29, 1.82) is 0 Å². The van der Waals surface area contributed by atoms with Gasteiger partial charge in [0.2, 0.25) is 0 Å². The average molecular weight is 378 g/mol. The van der Waals surface area contributed by atoms with Crippen LogP contribution >= 0.6 is 15.9 Å². The molecule has 0 fully saturated rings. The Balaban J connectivity index is 2.48. The van der Waals surface area contributed by atoms with Crippen molar-refractivity contribution in [3.8, 4) is 0 Å². The quantitative estimate of drug-likeness (QED) is 0.858. The normalized spacial score (nSPS) is 11.2. The molecule has 1 heterocycles. The molecule has 5 nitrogen and oxygen atoms in total. The van der Waals surface area contributed by atoms with Crippen LogP contribution in [0.15, 0.2) is 40.0 Å². The van der Waals surface area contributed by atoms with Gasteiger partial charge in [0.1, 0.15) is 10.6 Å². The highest BCUT2D eigenvalue weighted by Crippen LogP contribution is 2.27. The van der Waals surface area contributed by atoms with Crippen LogP contribution in [0.2, 0.25) is 0 Å². The molecule has 21 heavy (non-hydrogen) atoms. The van der Waals surface area contributed by atoms with Crippen LogP contribution in [0.5, 0.6) is 0 Å². The van der Waals surface area contributed by atoms with E-state index >= 15 is 0 Å². The first-order valence-corrected chi connectivity index (χ1v) is 7.92. The second-order valence-electron chi connectivity index (χ2n) is 3.97. The number of hydrogen-bond acceptors (Lipinski definition) is 4. The summed E-state index contributed by atoms with van der Waals surface area (Å²) in [4.78, 5) is 3.49. The lowest BCUT2D eigenvalue weighted by molar-refractivity contribution is 0.582. The number of rotatable bonds is 4. The molecule has 0 bridgehead atoms. The first-order valence-electron chi connectivity index (χ1n) is 5.64. The van der Waals surface area contributed by atoms with E-state index in [1.54, 1.807) is 0 Å². The van der Waals surface area contributed by atoms with Crippen molar-refractivity contribution in [2.24, 2.45) is 0 Å². The number of anilines is 2. The van der Waals surface area contributed by atoms with Gasteiger partial charge in [-0.3, -0.25) is 9.71 Å². The Hall–Kier alpha value is -1.74. The SMILES string of the molecule is CNc1ccncc1S(=O)(=O)Nc1c(F)cc(Br)cc1F. The third-order valence-corrected chi connectivity index (χ3v) is 4.42. The number of hydrogen-bond donors (Lipinski definition) is 2. The molecule has 0 atom stereocenters. The van der Waals surface area contributed by atoms with Gasteiger partial charge in [0.05, 0.1) is 5.69 Å². The second kappa shape index (κ2) is 5.94. The Morgan fingerprint density at radius 2 is 1.86 bits per heavy atom. The van der Waals surface area contributed by atoms with Crippen LogP contribution in [0.3, 0.4) is 0 Å². The van der Waals surface area contributed by atoms with Crippen molar-refractivity contribution in [3.63, 3.8) is 0 Å². The van der Waals surface area contributed by atoms with Gasteiger partial charge in [0.25, 0.3) is 10.0 Å². The largest absolute Gasteiger partial charge is 0.387 e. The molecular weight excluding hydrogens is 368 g/mol. The van der Waals surface area contributed by atoms with Crippen LogP contribution < -0.4 is 10.0 Å². The van der Waals surface area contributed by atoms with E-state index in [0.717, 1.165) is 18.3 Å². The monoisotopic (exact) mass is 377 g/mol. The molecule has 2 aromatic rings. The van der Waals surface area contributed by atoms with Gasteiger partial charge < -0.3 is 5.32 Å². The molecule has 0 aliphatic carbocycles. The predicted octanol–water partition coefficient (Wildman–Crippen LogP) is 2.96. The highest BCUT2D eigenvalue weighted by atomic mass is 79.9. The molecule has 0 aliphatic heterocycles. The molecule has 1 aromatic heterocycles. The van der Waals surface area contributed by atoms with E-state index in [0.29, 0.717) is 0 Å². The first kappa shape index (κ1) is 15.6. The maximum Gasteiger partial charge on any atom is 0.265 e. The van der Waals surface area contributed by atoms with E-state index in [1.807, 2.05) is 4.72 Å². The zero-order chi connectivity index (χ0) is 15.6. The van der Waals surface area contributed by atoms with Crippen molar-refractivity contribution >= 4 is 37.3 Å². The number of pyridine rings is 1. The molecule has 0 amide bonds. The summed E-state index contributed by atoms with van der Waals surface area (Å²) >= 11 is 2.92. The van der Waals surface area contributed by atoms with Gasteiger partial charge in [0, 0.05) is 23.9 Å². The fourth-order valence-corrected chi connectivity index (χ4v) is 3.26. The van der Waals surface area contributed by atoms with Crippen LogP contribution in [0.25, 0.3) is 0 Å². The summed E-state index contributed by atoms with van der Waals surface area (Å²) in [5.41, 5.74) is -0.487. The van der Waals surface area contributed by atoms with Gasteiger partial charge in [-0.05, 0) is 18.2 Å². The number of halogens is 3. The van der Waals surface area contributed by atoms with Crippen molar-refractivity contribution in [1.82, 2.24) is 4.98 Å². The smallest absolute Gasteiger partial charge is 0.265 e. The lowest BCUT2D eigenvalue weighted by atomic mass is 10.3. The van der Waals surface area contributed by atoms with E-state index < -0.39 is 27.3 Å². The van der Waals surface area contributed by atoms with E-state index in [-0.39, 0.29) is 15.1 Å². The van der Waals surface area contributed by atoms with Crippen LogP contribution in [0.4, 0.5) is 20.2 Å². The number of nitrogens with zero attached hydrogens (tertiary/aromatic N) is 1. The highest BCUT2D eigenvalue weighted by molar-refractivity contribution is 9.10. The molecule has 1 aromatic carbocycles. The van der Waals surface area contributed by atoms with Gasteiger partial charge >= 0.3 is 0 Å². The maximum absolute atomic E-state index is 13.7. The molecular formula is C12H10BrF2N3O2S. The highest BCUT2D eigenvalue weighted by Gasteiger charge is 2.22. The Kier molecular flexibility index (Phi) is 4.43. The number of sulfonamides is 1. The minimum atomic E-state index is -4.18. The Morgan fingerprint density at radius 1 is 1.24 bits per heavy atom. The zero-order valence-electron chi connectivity index (χ0n) is 10.7. The number of aromatic nitrogens is 1. The fourth-order valence-electron chi connectivity index (χ4n) is 1.63. The molecule has 0 saturated heterocycles. The molecule has 2 rings (SSSR count). The lowest BCUT2D eigenvalue weighted by Gasteiger charge is -2.12. The molecule has 0 aliphatic rings. The van der Waals surface area contributed by atoms with Gasteiger partial charge in [-0.1, -0.05) is 15.9 Å². The van der Waals surface area contributed by atoms with E-state index in [1.165, 1.54) is 19.3 Å². The fraction of sp³-hybridized carbons (Fsp3) is 0.0833. The van der Waals surface area contributed by atoms with Crippen LogP contribution in [0.1, 0.15) is 0 Å². The van der Waals surface area contributed by atoms with Gasteiger partial charge in [0.15, 0.2) is 11.6 Å². The van der Waals surface area contributed by atoms with Crippen molar-refractivity contribution in [2.45, 2.75) is 4.90 Å². The van der Waals surface area contributed by atoms with Crippen molar-refractivity contribution in [2.75, 3.05) is 17.1 Å². The molecule has 2 N–H and O–H groups in total. The summed E-state index contributed by atoms with van der Waals surface area (Å²) in [5.74, 6) is -2.05. The van der Waals surface area contributed by atoms with Gasteiger partial charge in [-0.25, -0.2) is 17.2 Å². The van der Waals surface area contributed by atoms with Crippen LogP contribution in [0, 0.1) is 11.6 Å². The Labute approximate surface area is 128 Å². The first-order chi connectivity index (χ1) is 9.85. The summed E-state index contributed by atoms with van der Waals surface area (Å²) in [6, 6.07) is 3.36. The standard InChI is InChI=1S/C12H10BrF2N3O2S/c1-16-10-2-3-17-6-11(10)21(19,20)18-12-8(14)4-7(13)5-9(12)15/h2-6,18H,1H3,(H,16,17). The van der Waals surface area contributed by atoms with Gasteiger partial charge in [-0.15, -0.1) is 0 Å². The summed E-state index contributed by atoms with van der Waals surface area (Å²) in [6.45, 7) is 0. The zero-order valence-corrected chi connectivity index (χ0v) is 13.1. The minimum Gasteiger partial charge on any atom is -0.387 e. The van der Waals surface area contributed by atoms with E-state index in [2.05, 4.69) is 26.2 Å². The maximum atomic E-state index is 13.7. The molecule has 0 radical (unpaired) electrons. The van der Waals surface area contributed by atoms with Crippen LogP contribution in [-0.4, -0.2) is 20.4 Å². The summed E-state index contributed by atoms with van der Waals surface area (Å²) in [7, 11) is -2.66. The van der Waals surface area contributed by atoms with Crippen molar-refractivity contribution in [3.05, 3.63) is 46.7 Å². The molecule has 112 valence electrons. The summed E-state index contributed by atoms with van der Waals surface area (Å²) < 4.78 is 54.0. The Bertz CT molecular complexity index is 761. The molecule has 9 heteroatoms. The number of nitrogens with one attached hydrogen (secondary N) is 2. The molecule has 0 unspecified atom stereocenters. The Morgan fingerprint density at radius 3 is 2.43 bits per heavy atom. The van der Waals surface area contributed by atoms with Crippen LogP contribution in [-0.2, 0) is 10.0 Å².